The van der Waals surface area contributed by atoms with Crippen molar-refractivity contribution in [2.75, 3.05) is 7.11 Å². The van der Waals surface area contributed by atoms with E-state index in [4.69, 9.17) is 9.47 Å². The highest BCUT2D eigenvalue weighted by molar-refractivity contribution is 5.73. The molecule has 0 heterocycles. The molecule has 3 rings (SSSR count). The van der Waals surface area contributed by atoms with Crippen molar-refractivity contribution in [3.05, 3.63) is 65.2 Å². The Balaban J connectivity index is 1.81. The molecule has 0 bridgehead atoms. The number of hydrogen-bond donors (Lipinski definition) is 0. The van der Waals surface area contributed by atoms with Gasteiger partial charge in [-0.3, -0.25) is 4.79 Å². The maximum absolute atomic E-state index is 11.5. The SMILES string of the molecule is COC(=O)Cc1ccccc1OC1CCc2ccccc21. The van der Waals surface area contributed by atoms with Crippen LogP contribution in [-0.4, -0.2) is 13.1 Å². The summed E-state index contributed by atoms with van der Waals surface area (Å²) in [7, 11) is 1.40. The first-order chi connectivity index (χ1) is 10.3. The maximum atomic E-state index is 11.5. The molecule has 0 saturated carbocycles. The second kappa shape index (κ2) is 6.00. The number of carbonyl (C=O) groups excluding carboxylic acids is 1. The van der Waals surface area contributed by atoms with Crippen molar-refractivity contribution in [1.82, 2.24) is 0 Å². The molecule has 3 heteroatoms. The van der Waals surface area contributed by atoms with Crippen LogP contribution < -0.4 is 4.74 Å². The molecule has 0 saturated heterocycles. The van der Waals surface area contributed by atoms with Gasteiger partial charge in [-0.2, -0.15) is 0 Å². The number of rotatable bonds is 4. The summed E-state index contributed by atoms with van der Waals surface area (Å²) in [6.45, 7) is 0. The monoisotopic (exact) mass is 282 g/mol. The van der Waals surface area contributed by atoms with Crippen molar-refractivity contribution in [3.63, 3.8) is 0 Å². The average molecular weight is 282 g/mol. The van der Waals surface area contributed by atoms with Gasteiger partial charge in [0.2, 0.25) is 0 Å². The molecule has 0 aliphatic heterocycles. The van der Waals surface area contributed by atoms with Gasteiger partial charge >= 0.3 is 5.97 Å². The van der Waals surface area contributed by atoms with Gasteiger partial charge in [-0.15, -0.1) is 0 Å². The highest BCUT2D eigenvalue weighted by Crippen LogP contribution is 2.35. The number of esters is 1. The summed E-state index contributed by atoms with van der Waals surface area (Å²) >= 11 is 0. The van der Waals surface area contributed by atoms with Gasteiger partial charge in [-0.25, -0.2) is 0 Å². The first-order valence-corrected chi connectivity index (χ1v) is 7.17. The van der Waals surface area contributed by atoms with Crippen molar-refractivity contribution in [2.24, 2.45) is 0 Å². The van der Waals surface area contributed by atoms with Gasteiger partial charge < -0.3 is 9.47 Å². The largest absolute Gasteiger partial charge is 0.485 e. The van der Waals surface area contributed by atoms with Crippen LogP contribution >= 0.6 is 0 Å². The lowest BCUT2D eigenvalue weighted by molar-refractivity contribution is -0.139. The third-order valence-corrected chi connectivity index (χ3v) is 3.88. The van der Waals surface area contributed by atoms with Crippen LogP contribution in [0.15, 0.2) is 48.5 Å². The smallest absolute Gasteiger partial charge is 0.310 e. The highest BCUT2D eigenvalue weighted by atomic mass is 16.5. The molecule has 1 aliphatic carbocycles. The van der Waals surface area contributed by atoms with Crippen LogP contribution in [0.3, 0.4) is 0 Å². The summed E-state index contributed by atoms with van der Waals surface area (Å²) in [5.41, 5.74) is 3.48. The normalized spacial score (nSPS) is 16.3. The Bertz CT molecular complexity index is 648. The predicted molar refractivity (Wildman–Crippen MR) is 80.3 cm³/mol. The molecule has 0 radical (unpaired) electrons. The van der Waals surface area contributed by atoms with Crippen molar-refractivity contribution < 1.29 is 14.3 Å². The first kappa shape index (κ1) is 13.7. The molecule has 0 spiro atoms. The Labute approximate surface area is 124 Å². The number of para-hydroxylation sites is 1. The van der Waals surface area contributed by atoms with E-state index in [1.807, 2.05) is 30.3 Å². The van der Waals surface area contributed by atoms with Gasteiger partial charge in [0.05, 0.1) is 13.5 Å². The zero-order valence-electron chi connectivity index (χ0n) is 12.0. The summed E-state index contributed by atoms with van der Waals surface area (Å²) in [5, 5.41) is 0. The molecule has 0 fully saturated rings. The van der Waals surface area contributed by atoms with Crippen LogP contribution in [0.2, 0.25) is 0 Å². The van der Waals surface area contributed by atoms with Gasteiger partial charge in [0.1, 0.15) is 11.9 Å². The number of fused-ring (bicyclic) bond motifs is 1. The summed E-state index contributed by atoms with van der Waals surface area (Å²) in [6, 6.07) is 16.0. The second-order valence-corrected chi connectivity index (χ2v) is 5.20. The van der Waals surface area contributed by atoms with Crippen LogP contribution in [0.25, 0.3) is 0 Å². The molecule has 1 unspecified atom stereocenters. The van der Waals surface area contributed by atoms with Crippen LogP contribution in [0.1, 0.15) is 29.2 Å². The molecular formula is C18H18O3. The van der Waals surface area contributed by atoms with E-state index in [2.05, 4.69) is 18.2 Å². The van der Waals surface area contributed by atoms with E-state index in [0.29, 0.717) is 0 Å². The van der Waals surface area contributed by atoms with E-state index < -0.39 is 0 Å². The Morgan fingerprint density at radius 2 is 1.90 bits per heavy atom. The Kier molecular flexibility index (Phi) is 3.91. The van der Waals surface area contributed by atoms with Crippen LogP contribution in [-0.2, 0) is 22.4 Å². The Morgan fingerprint density at radius 1 is 1.14 bits per heavy atom. The summed E-state index contributed by atoms with van der Waals surface area (Å²) in [6.07, 6.45) is 2.33. The molecule has 21 heavy (non-hydrogen) atoms. The second-order valence-electron chi connectivity index (χ2n) is 5.20. The topological polar surface area (TPSA) is 35.5 Å². The fraction of sp³-hybridized carbons (Fsp3) is 0.278. The maximum Gasteiger partial charge on any atom is 0.310 e. The molecule has 108 valence electrons. The van der Waals surface area contributed by atoms with Gasteiger partial charge in [0, 0.05) is 5.56 Å². The number of ether oxygens (including phenoxy) is 2. The standard InChI is InChI=1S/C18H18O3/c1-20-18(19)12-14-7-3-5-9-16(14)21-17-11-10-13-6-2-4-8-15(13)17/h2-9,17H,10-12H2,1H3. The summed E-state index contributed by atoms with van der Waals surface area (Å²) in [4.78, 5) is 11.5. The van der Waals surface area contributed by atoms with Crippen LogP contribution in [0.5, 0.6) is 5.75 Å². The third-order valence-electron chi connectivity index (χ3n) is 3.88. The molecule has 2 aromatic rings. The summed E-state index contributed by atoms with van der Waals surface area (Å²) in [5.74, 6) is 0.516. The predicted octanol–water partition coefficient (Wildman–Crippen LogP) is 3.47. The van der Waals surface area contributed by atoms with Gasteiger partial charge in [-0.05, 0) is 30.0 Å². The van der Waals surface area contributed by atoms with E-state index in [0.717, 1.165) is 24.2 Å². The van der Waals surface area contributed by atoms with Crippen molar-refractivity contribution in [3.8, 4) is 5.75 Å². The molecular weight excluding hydrogens is 264 g/mol. The van der Waals surface area contributed by atoms with E-state index in [1.54, 1.807) is 0 Å². The highest BCUT2D eigenvalue weighted by Gasteiger charge is 2.24. The number of benzene rings is 2. The number of aryl methyl sites for hydroxylation is 1. The summed E-state index contributed by atoms with van der Waals surface area (Å²) < 4.78 is 10.9. The molecule has 1 atom stereocenters. The van der Waals surface area contributed by atoms with E-state index in [9.17, 15) is 4.79 Å². The molecule has 0 N–H and O–H groups in total. The third kappa shape index (κ3) is 2.92. The van der Waals surface area contributed by atoms with Gasteiger partial charge in [0.15, 0.2) is 0 Å². The minimum absolute atomic E-state index is 0.0694. The van der Waals surface area contributed by atoms with E-state index in [-0.39, 0.29) is 18.5 Å². The van der Waals surface area contributed by atoms with E-state index in [1.165, 1.54) is 18.2 Å². The quantitative estimate of drug-likeness (QED) is 0.805. The zero-order valence-corrected chi connectivity index (χ0v) is 12.0. The van der Waals surface area contributed by atoms with Crippen molar-refractivity contribution in [1.29, 1.82) is 0 Å². The average Bonchev–Trinajstić information content (AvgIpc) is 2.92. The minimum Gasteiger partial charge on any atom is -0.485 e. The van der Waals surface area contributed by atoms with Crippen molar-refractivity contribution >= 4 is 5.97 Å². The number of carbonyl (C=O) groups is 1. The lowest BCUT2D eigenvalue weighted by Crippen LogP contribution is -2.09. The van der Waals surface area contributed by atoms with Gasteiger partial charge in [-0.1, -0.05) is 42.5 Å². The Morgan fingerprint density at radius 3 is 2.76 bits per heavy atom. The van der Waals surface area contributed by atoms with Crippen LogP contribution in [0, 0.1) is 0 Å². The van der Waals surface area contributed by atoms with Crippen LogP contribution in [0.4, 0.5) is 0 Å². The molecule has 2 aromatic carbocycles. The fourth-order valence-corrected chi connectivity index (χ4v) is 2.79. The zero-order chi connectivity index (χ0) is 14.7. The van der Waals surface area contributed by atoms with E-state index >= 15 is 0 Å². The van der Waals surface area contributed by atoms with Gasteiger partial charge in [0.25, 0.3) is 0 Å². The number of hydrogen-bond acceptors (Lipinski definition) is 3. The minimum atomic E-state index is -0.252. The number of methoxy groups -OCH3 is 1. The molecule has 0 aromatic heterocycles. The molecule has 0 amide bonds. The lowest BCUT2D eigenvalue weighted by Gasteiger charge is -2.17. The Hall–Kier alpha value is -2.29. The molecule has 3 nitrogen and oxygen atoms in total. The fourth-order valence-electron chi connectivity index (χ4n) is 2.79. The lowest BCUT2D eigenvalue weighted by atomic mass is 10.1. The molecule has 1 aliphatic rings. The first-order valence-electron chi connectivity index (χ1n) is 7.17. The van der Waals surface area contributed by atoms with Crippen molar-refractivity contribution in [2.45, 2.75) is 25.4 Å².